The van der Waals surface area contributed by atoms with E-state index in [0.29, 0.717) is 23.2 Å². The van der Waals surface area contributed by atoms with Gasteiger partial charge in [0.05, 0.1) is 16.5 Å². The van der Waals surface area contributed by atoms with E-state index in [1.807, 2.05) is 42.5 Å². The van der Waals surface area contributed by atoms with Gasteiger partial charge in [-0.25, -0.2) is 9.59 Å². The lowest BCUT2D eigenvalue weighted by atomic mass is 9.55. The van der Waals surface area contributed by atoms with E-state index in [0.717, 1.165) is 20.3 Å². The van der Waals surface area contributed by atoms with Gasteiger partial charge in [0, 0.05) is 21.1 Å². The standard InChI is InChI=1S/C33H28INO4/c1-20-11-5-8-16-25(20)33-21-12-3-2-4-13-22(26(33)19-21)29(38-32(37)24-15-7-10-18-28(24)35)30(33)39-31(36)23-14-6-9-17-27(23)34/h2-12,14-19,22,26,29-30H,13,35H2,1H3/b4-2-,12-3-/t22-,26+,29?,30?,33-/m1/s1. The zero-order valence-corrected chi connectivity index (χ0v) is 23.6. The second-order valence-electron chi connectivity index (χ2n) is 10.3. The van der Waals surface area contributed by atoms with Crippen molar-refractivity contribution in [1.82, 2.24) is 0 Å². The number of para-hydroxylation sites is 1. The van der Waals surface area contributed by atoms with E-state index in [-0.39, 0.29) is 11.8 Å². The predicted molar refractivity (Wildman–Crippen MR) is 159 cm³/mol. The van der Waals surface area contributed by atoms with Crippen LogP contribution < -0.4 is 5.73 Å². The number of allylic oxidation sites excluding steroid dienone is 5. The number of benzene rings is 3. The van der Waals surface area contributed by atoms with Crippen LogP contribution >= 0.6 is 22.6 Å². The molecule has 0 saturated heterocycles. The van der Waals surface area contributed by atoms with Gasteiger partial charge in [0.2, 0.25) is 0 Å². The van der Waals surface area contributed by atoms with Crippen LogP contribution in [-0.2, 0) is 14.9 Å². The van der Waals surface area contributed by atoms with Gasteiger partial charge in [0.1, 0.15) is 6.10 Å². The number of nitrogen functional groups attached to an aromatic ring is 1. The molecule has 196 valence electrons. The zero-order chi connectivity index (χ0) is 27.1. The van der Waals surface area contributed by atoms with Crippen LogP contribution in [-0.4, -0.2) is 24.1 Å². The van der Waals surface area contributed by atoms with Crippen LogP contribution in [0.1, 0.15) is 38.3 Å². The number of halogens is 1. The topological polar surface area (TPSA) is 78.6 Å². The quantitative estimate of drug-likeness (QED) is 0.196. The molecule has 0 aliphatic heterocycles. The molecule has 0 aromatic heterocycles. The summed E-state index contributed by atoms with van der Waals surface area (Å²) in [5, 5.41) is 0. The van der Waals surface area contributed by atoms with E-state index in [9.17, 15) is 9.59 Å². The Morgan fingerprint density at radius 2 is 1.59 bits per heavy atom. The Labute approximate surface area is 241 Å². The highest BCUT2D eigenvalue weighted by Crippen LogP contribution is 2.64. The fourth-order valence-corrected chi connectivity index (χ4v) is 7.13. The molecule has 3 aromatic rings. The van der Waals surface area contributed by atoms with Crippen molar-refractivity contribution in [2.24, 2.45) is 11.8 Å². The lowest BCUT2D eigenvalue weighted by Gasteiger charge is -2.48. The second-order valence-corrected chi connectivity index (χ2v) is 11.4. The van der Waals surface area contributed by atoms with Gasteiger partial charge in [-0.1, -0.05) is 78.9 Å². The van der Waals surface area contributed by atoms with Gasteiger partial charge in [0.15, 0.2) is 6.10 Å². The molecular weight excluding hydrogens is 601 g/mol. The highest BCUT2D eigenvalue weighted by Gasteiger charge is 2.69. The Kier molecular flexibility index (Phi) is 6.67. The van der Waals surface area contributed by atoms with Crippen LogP contribution in [0.25, 0.3) is 0 Å². The summed E-state index contributed by atoms with van der Waals surface area (Å²) >= 11 is 2.15. The third kappa shape index (κ3) is 4.13. The van der Waals surface area contributed by atoms with Crippen molar-refractivity contribution < 1.29 is 19.1 Å². The number of ether oxygens (including phenoxy) is 2. The van der Waals surface area contributed by atoms with Gasteiger partial charge in [-0.2, -0.15) is 0 Å². The number of carbonyl (C=O) groups is 2. The first kappa shape index (κ1) is 25.6. The summed E-state index contributed by atoms with van der Waals surface area (Å²) in [6, 6.07) is 22.5. The van der Waals surface area contributed by atoms with Gasteiger partial charge in [-0.3, -0.25) is 0 Å². The van der Waals surface area contributed by atoms with Crippen LogP contribution in [0.15, 0.2) is 109 Å². The molecule has 0 spiro atoms. The third-order valence-electron chi connectivity index (χ3n) is 8.27. The zero-order valence-electron chi connectivity index (χ0n) is 21.4. The van der Waals surface area contributed by atoms with Gasteiger partial charge in [0.25, 0.3) is 0 Å². The number of rotatable bonds is 5. The minimum absolute atomic E-state index is 0.0135. The number of hydrogen-bond acceptors (Lipinski definition) is 5. The number of carbonyl (C=O) groups excluding carboxylic acids is 2. The van der Waals surface area contributed by atoms with E-state index < -0.39 is 29.6 Å². The van der Waals surface area contributed by atoms with E-state index in [4.69, 9.17) is 15.2 Å². The van der Waals surface area contributed by atoms with Gasteiger partial charge < -0.3 is 15.2 Å². The molecule has 39 heavy (non-hydrogen) atoms. The van der Waals surface area contributed by atoms with Crippen molar-refractivity contribution in [2.45, 2.75) is 31.0 Å². The summed E-state index contributed by atoms with van der Waals surface area (Å²) in [7, 11) is 0. The average molecular weight is 629 g/mol. The lowest BCUT2D eigenvalue weighted by Crippen LogP contribution is -2.52. The molecule has 3 aromatic carbocycles. The van der Waals surface area contributed by atoms with Gasteiger partial charge >= 0.3 is 11.9 Å². The van der Waals surface area contributed by atoms with Crippen LogP contribution in [0.2, 0.25) is 0 Å². The minimum atomic E-state index is -0.734. The number of nitrogens with two attached hydrogens (primary N) is 1. The van der Waals surface area contributed by atoms with Gasteiger partial charge in [-0.05, 0) is 76.9 Å². The van der Waals surface area contributed by atoms with Crippen molar-refractivity contribution in [1.29, 1.82) is 0 Å². The summed E-state index contributed by atoms with van der Waals surface area (Å²) in [5.74, 6) is -1.02. The monoisotopic (exact) mass is 629 g/mol. The number of esters is 2. The molecule has 0 amide bonds. The molecule has 1 saturated carbocycles. The van der Waals surface area contributed by atoms with Gasteiger partial charge in [-0.15, -0.1) is 0 Å². The molecule has 2 N–H and O–H groups in total. The average Bonchev–Trinajstić information content (AvgIpc) is 3.21. The molecule has 2 unspecified atom stereocenters. The normalized spacial score (nSPS) is 28.1. The summed E-state index contributed by atoms with van der Waals surface area (Å²) < 4.78 is 13.6. The first-order chi connectivity index (χ1) is 18.9. The van der Waals surface area contributed by atoms with Crippen molar-refractivity contribution in [3.8, 4) is 0 Å². The number of aryl methyl sites for hydroxylation is 1. The fourth-order valence-electron chi connectivity index (χ4n) is 6.52. The van der Waals surface area contributed by atoms with E-state index in [1.54, 1.807) is 30.3 Å². The fraction of sp³-hybridized carbons (Fsp3) is 0.212. The Bertz CT molecular complexity index is 1560. The Morgan fingerprint density at radius 1 is 0.897 bits per heavy atom. The molecule has 1 fully saturated rings. The predicted octanol–water partition coefficient (Wildman–Crippen LogP) is 6.57. The van der Waals surface area contributed by atoms with Crippen molar-refractivity contribution in [3.63, 3.8) is 0 Å². The Balaban J connectivity index is 1.50. The molecule has 2 bridgehead atoms. The largest absolute Gasteiger partial charge is 0.454 e. The van der Waals surface area contributed by atoms with Crippen molar-refractivity contribution >= 4 is 40.2 Å². The highest BCUT2D eigenvalue weighted by molar-refractivity contribution is 14.1. The molecule has 5 atom stereocenters. The maximum absolute atomic E-state index is 13.7. The second kappa shape index (κ2) is 10.2. The van der Waals surface area contributed by atoms with Crippen molar-refractivity contribution in [2.75, 3.05) is 5.73 Å². The first-order valence-electron chi connectivity index (χ1n) is 13.1. The van der Waals surface area contributed by atoms with E-state index >= 15 is 0 Å². The van der Waals surface area contributed by atoms with Crippen LogP contribution in [0.4, 0.5) is 5.69 Å². The minimum Gasteiger partial charge on any atom is -0.454 e. The summed E-state index contributed by atoms with van der Waals surface area (Å²) in [4.78, 5) is 27.3. The summed E-state index contributed by atoms with van der Waals surface area (Å²) in [5.41, 5.74) is 9.88. The highest BCUT2D eigenvalue weighted by atomic mass is 127. The lowest BCUT2D eigenvalue weighted by molar-refractivity contribution is -0.0457. The molecule has 5 nitrogen and oxygen atoms in total. The first-order valence-corrected chi connectivity index (χ1v) is 14.1. The third-order valence-corrected chi connectivity index (χ3v) is 9.21. The van der Waals surface area contributed by atoms with E-state index in [1.165, 1.54) is 0 Å². The molecule has 6 rings (SSSR count). The van der Waals surface area contributed by atoms with Crippen LogP contribution in [0, 0.1) is 22.3 Å². The maximum Gasteiger partial charge on any atom is 0.340 e. The number of fused-ring (bicyclic) bond motifs is 1. The Hall–Kier alpha value is -3.65. The number of anilines is 1. The Morgan fingerprint density at radius 3 is 2.36 bits per heavy atom. The van der Waals surface area contributed by atoms with Crippen LogP contribution in [0.5, 0.6) is 0 Å². The molecule has 3 aliphatic carbocycles. The molecule has 0 heterocycles. The SMILES string of the molecule is Cc1ccccc1[C@]12C3=C[C@H]1[C@@H](C/C=C\C=C/3)C(OC(=O)c1ccccc1N)C2OC(=O)c1ccccc1I. The number of hydrogen-bond donors (Lipinski definition) is 1. The maximum atomic E-state index is 13.7. The molecule has 6 heteroatoms. The summed E-state index contributed by atoms with van der Waals surface area (Å²) in [6.07, 6.45) is 9.76. The smallest absolute Gasteiger partial charge is 0.340 e. The molecule has 0 radical (unpaired) electrons. The van der Waals surface area contributed by atoms with E-state index in [2.05, 4.69) is 59.9 Å². The van der Waals surface area contributed by atoms with Crippen LogP contribution in [0.3, 0.4) is 0 Å². The molecule has 3 aliphatic rings. The molecular formula is C33H28INO4. The summed E-state index contributed by atoms with van der Waals surface area (Å²) in [6.45, 7) is 2.08. The van der Waals surface area contributed by atoms with Crippen molar-refractivity contribution in [3.05, 3.63) is 135 Å².